The van der Waals surface area contributed by atoms with Gasteiger partial charge in [-0.2, -0.15) is 0 Å². The lowest BCUT2D eigenvalue weighted by molar-refractivity contribution is 0.421. The van der Waals surface area contributed by atoms with Crippen molar-refractivity contribution in [3.63, 3.8) is 0 Å². The molecule has 1 aliphatic rings. The van der Waals surface area contributed by atoms with Crippen LogP contribution in [0.1, 0.15) is 6.42 Å². The number of nitrogens with two attached hydrogens (primary N) is 1. The van der Waals surface area contributed by atoms with Crippen LogP contribution >= 0.6 is 0 Å². The summed E-state index contributed by atoms with van der Waals surface area (Å²) in [6.07, 6.45) is 0.739. The zero-order valence-corrected chi connectivity index (χ0v) is 7.45. The van der Waals surface area contributed by atoms with Gasteiger partial charge in [-0.25, -0.2) is 8.42 Å². The Labute approximate surface area is 67.1 Å². The number of hydrogen-bond acceptors (Lipinski definition) is 4. The molecular weight excluding hydrogens is 164 g/mol. The van der Waals surface area contributed by atoms with Crippen molar-refractivity contribution in [2.45, 2.75) is 12.0 Å². The fraction of sp³-hybridized carbons (Fsp3) is 1.00. The molecule has 0 bridgehead atoms. The molecular formula is C6H14N2O2S. The first-order valence-electron chi connectivity index (χ1n) is 3.61. The standard InChI is InChI=1S/C6H14N2O2S/c1-8-3-2-6(7)4-11(9,10)5-6/h8H,2-5,7H2,1H3. The van der Waals surface area contributed by atoms with Gasteiger partial charge in [-0.1, -0.05) is 0 Å². The Morgan fingerprint density at radius 3 is 2.45 bits per heavy atom. The van der Waals surface area contributed by atoms with Crippen molar-refractivity contribution in [2.75, 3.05) is 25.1 Å². The summed E-state index contributed by atoms with van der Waals surface area (Å²) >= 11 is 0. The van der Waals surface area contributed by atoms with Gasteiger partial charge in [-0.15, -0.1) is 0 Å². The van der Waals surface area contributed by atoms with Crippen molar-refractivity contribution in [1.29, 1.82) is 0 Å². The van der Waals surface area contributed by atoms with E-state index >= 15 is 0 Å². The van der Waals surface area contributed by atoms with E-state index in [1.54, 1.807) is 0 Å². The molecule has 66 valence electrons. The molecule has 1 rings (SSSR count). The van der Waals surface area contributed by atoms with Crippen LogP contribution in [-0.4, -0.2) is 39.1 Å². The minimum atomic E-state index is -2.77. The Hall–Kier alpha value is -0.130. The highest BCUT2D eigenvalue weighted by atomic mass is 32.2. The zero-order chi connectivity index (χ0) is 8.54. The molecule has 3 N–H and O–H groups in total. The van der Waals surface area contributed by atoms with Crippen LogP contribution in [0.25, 0.3) is 0 Å². The van der Waals surface area contributed by atoms with E-state index in [1.807, 2.05) is 7.05 Å². The Bertz CT molecular complexity index is 223. The Kier molecular flexibility index (Phi) is 2.22. The Balaban J connectivity index is 2.37. The number of sulfone groups is 1. The van der Waals surface area contributed by atoms with Crippen LogP contribution in [0.2, 0.25) is 0 Å². The fourth-order valence-corrected chi connectivity index (χ4v) is 3.31. The largest absolute Gasteiger partial charge is 0.323 e. The third-order valence-electron chi connectivity index (χ3n) is 1.89. The SMILES string of the molecule is CNCCC1(N)CS(=O)(=O)C1. The van der Waals surface area contributed by atoms with Gasteiger partial charge in [-0.3, -0.25) is 0 Å². The first-order valence-corrected chi connectivity index (χ1v) is 5.43. The molecule has 0 unspecified atom stereocenters. The van der Waals surface area contributed by atoms with E-state index in [1.165, 1.54) is 0 Å². The molecule has 0 amide bonds. The number of hydrogen-bond donors (Lipinski definition) is 2. The van der Waals surface area contributed by atoms with Gasteiger partial charge in [0.2, 0.25) is 0 Å². The third kappa shape index (κ3) is 2.15. The maximum atomic E-state index is 10.8. The third-order valence-corrected chi connectivity index (χ3v) is 3.92. The van der Waals surface area contributed by atoms with Crippen LogP contribution in [0, 0.1) is 0 Å². The van der Waals surface area contributed by atoms with Crippen molar-refractivity contribution < 1.29 is 8.42 Å². The van der Waals surface area contributed by atoms with Crippen LogP contribution in [0.5, 0.6) is 0 Å². The number of nitrogens with one attached hydrogen (secondary N) is 1. The summed E-state index contributed by atoms with van der Waals surface area (Å²) in [5.41, 5.74) is 5.30. The minimum Gasteiger partial charge on any atom is -0.323 e. The lowest BCUT2D eigenvalue weighted by Crippen LogP contribution is -2.62. The van der Waals surface area contributed by atoms with E-state index in [0.717, 1.165) is 13.0 Å². The van der Waals surface area contributed by atoms with E-state index in [2.05, 4.69) is 5.32 Å². The highest BCUT2D eigenvalue weighted by Crippen LogP contribution is 2.23. The van der Waals surface area contributed by atoms with Crippen LogP contribution < -0.4 is 11.1 Å². The molecule has 1 aliphatic heterocycles. The van der Waals surface area contributed by atoms with E-state index in [0.29, 0.717) is 0 Å². The summed E-state index contributed by atoms with van der Waals surface area (Å²) in [4.78, 5) is 0. The first-order chi connectivity index (χ1) is 4.97. The van der Waals surface area contributed by atoms with Crippen LogP contribution in [0.15, 0.2) is 0 Å². The second kappa shape index (κ2) is 2.73. The first kappa shape index (κ1) is 8.96. The van der Waals surface area contributed by atoms with E-state index < -0.39 is 15.4 Å². The molecule has 0 aromatic carbocycles. The summed E-state index contributed by atoms with van der Waals surface area (Å²) < 4.78 is 21.5. The minimum absolute atomic E-state index is 0.154. The molecule has 5 heteroatoms. The molecule has 1 heterocycles. The lowest BCUT2D eigenvalue weighted by Gasteiger charge is -2.37. The van der Waals surface area contributed by atoms with Crippen LogP contribution in [-0.2, 0) is 9.84 Å². The summed E-state index contributed by atoms with van der Waals surface area (Å²) in [5.74, 6) is 0.309. The molecule has 11 heavy (non-hydrogen) atoms. The lowest BCUT2D eigenvalue weighted by atomic mass is 10.0. The van der Waals surface area contributed by atoms with Gasteiger partial charge >= 0.3 is 0 Å². The number of rotatable bonds is 3. The summed E-state index contributed by atoms with van der Waals surface area (Å²) in [7, 11) is -0.942. The van der Waals surface area contributed by atoms with Crippen LogP contribution in [0.3, 0.4) is 0 Å². The Morgan fingerprint density at radius 2 is 2.09 bits per heavy atom. The summed E-state index contributed by atoms with van der Waals surface area (Å²) in [5, 5.41) is 2.94. The van der Waals surface area contributed by atoms with Crippen molar-refractivity contribution in [3.8, 4) is 0 Å². The average molecular weight is 178 g/mol. The van der Waals surface area contributed by atoms with E-state index in [-0.39, 0.29) is 11.5 Å². The highest BCUT2D eigenvalue weighted by molar-refractivity contribution is 7.93. The molecule has 4 nitrogen and oxygen atoms in total. The van der Waals surface area contributed by atoms with Gasteiger partial charge in [0.25, 0.3) is 0 Å². The smallest absolute Gasteiger partial charge is 0.153 e. The molecule has 0 aliphatic carbocycles. The molecule has 0 saturated carbocycles. The van der Waals surface area contributed by atoms with Gasteiger partial charge in [-0.05, 0) is 20.0 Å². The van der Waals surface area contributed by atoms with Crippen molar-refractivity contribution >= 4 is 9.84 Å². The molecule has 0 radical (unpaired) electrons. The van der Waals surface area contributed by atoms with Gasteiger partial charge in [0.15, 0.2) is 9.84 Å². The van der Waals surface area contributed by atoms with Crippen molar-refractivity contribution in [3.05, 3.63) is 0 Å². The predicted molar refractivity (Wildman–Crippen MR) is 44.1 cm³/mol. The molecule has 0 atom stereocenters. The molecule has 1 saturated heterocycles. The van der Waals surface area contributed by atoms with Crippen molar-refractivity contribution in [2.24, 2.45) is 5.73 Å². The average Bonchev–Trinajstić information content (AvgIpc) is 1.79. The van der Waals surface area contributed by atoms with Crippen LogP contribution in [0.4, 0.5) is 0 Å². The summed E-state index contributed by atoms with van der Waals surface area (Å²) in [6, 6.07) is 0. The predicted octanol–water partition coefficient (Wildman–Crippen LogP) is -1.28. The molecule has 0 aromatic rings. The topological polar surface area (TPSA) is 72.2 Å². The Morgan fingerprint density at radius 1 is 1.55 bits per heavy atom. The normalized spacial score (nSPS) is 26.0. The second-order valence-corrected chi connectivity index (χ2v) is 5.31. The fourth-order valence-electron chi connectivity index (χ4n) is 1.35. The quantitative estimate of drug-likeness (QED) is 0.565. The molecule has 0 aromatic heterocycles. The van der Waals surface area contributed by atoms with Gasteiger partial charge < -0.3 is 11.1 Å². The van der Waals surface area contributed by atoms with Gasteiger partial charge in [0.05, 0.1) is 11.5 Å². The second-order valence-electron chi connectivity index (χ2n) is 3.25. The maximum Gasteiger partial charge on any atom is 0.153 e. The molecule has 1 fully saturated rings. The zero-order valence-electron chi connectivity index (χ0n) is 6.63. The monoisotopic (exact) mass is 178 g/mol. The summed E-state index contributed by atoms with van der Waals surface area (Å²) in [6.45, 7) is 0.784. The van der Waals surface area contributed by atoms with E-state index in [9.17, 15) is 8.42 Å². The van der Waals surface area contributed by atoms with Gasteiger partial charge in [0.1, 0.15) is 0 Å². The maximum absolute atomic E-state index is 10.8. The highest BCUT2D eigenvalue weighted by Gasteiger charge is 2.44. The van der Waals surface area contributed by atoms with Gasteiger partial charge in [0, 0.05) is 5.54 Å². The van der Waals surface area contributed by atoms with Crippen molar-refractivity contribution in [1.82, 2.24) is 5.32 Å². The van der Waals surface area contributed by atoms with E-state index in [4.69, 9.17) is 5.73 Å². The molecule has 0 spiro atoms.